The molecule has 2 aliphatic rings. The van der Waals surface area contributed by atoms with E-state index >= 15 is 0 Å². The number of likely N-dealkylation sites (N-methyl/N-ethyl adjacent to an activating group) is 1. The Labute approximate surface area is 297 Å². The highest BCUT2D eigenvalue weighted by atomic mass is 32.1. The van der Waals surface area contributed by atoms with Gasteiger partial charge in [0.25, 0.3) is 0 Å². The molecule has 0 aromatic carbocycles. The summed E-state index contributed by atoms with van der Waals surface area (Å²) in [4.78, 5) is 100. The van der Waals surface area contributed by atoms with Crippen LogP contribution in [0.1, 0.15) is 55.4 Å². The third-order valence-corrected chi connectivity index (χ3v) is 7.63. The third kappa shape index (κ3) is 11.4. The number of aliphatic hydroxyl groups is 1. The molecule has 0 aromatic rings. The first-order chi connectivity index (χ1) is 23.6. The second-order valence-corrected chi connectivity index (χ2v) is 11.9. The zero-order valence-corrected chi connectivity index (χ0v) is 30.2. The highest BCUT2D eigenvalue weighted by Gasteiger charge is 2.64. The minimum absolute atomic E-state index is 0.277. The summed E-state index contributed by atoms with van der Waals surface area (Å²) in [6.45, 7) is 6.07. The SMILES string of the molecule is CC(=O)OC[C@@H](OC(C)=O)[C@@H](OC(C)=O)[C@H](OC(C)=O)C1(O)CN(C)C(=S)N1[C@@H]1O[C@H](COC(C)=O)[C@@H](OC(C)=O)[C@H](OC(C)=O)[C@H]1OC(C)=O. The van der Waals surface area contributed by atoms with E-state index in [2.05, 4.69) is 0 Å². The predicted molar refractivity (Wildman–Crippen MR) is 167 cm³/mol. The Morgan fingerprint density at radius 1 is 0.725 bits per heavy atom. The molecular formula is C30H42N2O18S. The molecule has 0 bridgehead atoms. The van der Waals surface area contributed by atoms with E-state index in [0.717, 1.165) is 60.3 Å². The van der Waals surface area contributed by atoms with Crippen molar-refractivity contribution < 1.29 is 86.1 Å². The van der Waals surface area contributed by atoms with Crippen molar-refractivity contribution in [1.29, 1.82) is 0 Å². The molecule has 2 heterocycles. The maximum absolute atomic E-state index is 12.7. The first-order valence-electron chi connectivity index (χ1n) is 15.3. The van der Waals surface area contributed by atoms with Crippen LogP contribution in [0.5, 0.6) is 0 Å². The molecule has 9 atom stereocenters. The second kappa shape index (κ2) is 18.0. The molecular weight excluding hydrogens is 708 g/mol. The third-order valence-electron chi connectivity index (χ3n) is 7.12. The van der Waals surface area contributed by atoms with Gasteiger partial charge in [0.15, 0.2) is 48.0 Å². The number of carbonyl (C=O) groups excluding carboxylic acids is 8. The molecule has 51 heavy (non-hydrogen) atoms. The molecule has 0 spiro atoms. The Bertz CT molecular complexity index is 1390. The van der Waals surface area contributed by atoms with Gasteiger partial charge in [-0.1, -0.05) is 0 Å². The average Bonchev–Trinajstić information content (AvgIpc) is 3.20. The molecule has 2 aliphatic heterocycles. The minimum atomic E-state index is -2.68. The molecule has 0 radical (unpaired) electrons. The molecule has 2 saturated heterocycles. The summed E-state index contributed by atoms with van der Waals surface area (Å²) in [6, 6.07) is 0. The number of thiocarbonyl (C=S) groups is 1. The Balaban J connectivity index is 2.94. The van der Waals surface area contributed by atoms with Crippen LogP contribution >= 0.6 is 12.2 Å². The van der Waals surface area contributed by atoms with E-state index in [0.29, 0.717) is 0 Å². The van der Waals surface area contributed by atoms with E-state index in [4.69, 9.17) is 54.8 Å². The van der Waals surface area contributed by atoms with Crippen molar-refractivity contribution in [1.82, 2.24) is 9.80 Å². The summed E-state index contributed by atoms with van der Waals surface area (Å²) in [6.07, 6.45) is -14.1. The van der Waals surface area contributed by atoms with E-state index in [1.807, 2.05) is 0 Å². The standard InChI is InChI=1S/C30H42N2O18S/c1-13(33)42-10-21-23(45-16(4)36)25(47-18(6)38)26(48-19(7)39)28(50-21)32-29(51)31(9)12-30(32,41)27(49-20(8)40)24(46-17(5)37)22(44-15(3)35)11-43-14(2)34/h21-28,41H,10-12H2,1-9H3/t21-,22-,23-,24-,25+,26-,27+,28-,30?/m1/s1. The van der Waals surface area contributed by atoms with Gasteiger partial charge in [-0.25, -0.2) is 0 Å². The summed E-state index contributed by atoms with van der Waals surface area (Å²) < 4.78 is 49.2. The van der Waals surface area contributed by atoms with E-state index in [1.165, 1.54) is 11.9 Å². The number of β-amino-alcohol motifs (C(OH)–C–C–N with tert-alkyl or cyclic N) is 1. The molecule has 1 unspecified atom stereocenters. The number of hydrogen-bond donors (Lipinski definition) is 1. The van der Waals surface area contributed by atoms with Gasteiger partial charge in [-0.05, 0) is 12.2 Å². The smallest absolute Gasteiger partial charge is 0.303 e. The molecule has 21 heteroatoms. The van der Waals surface area contributed by atoms with Gasteiger partial charge in [-0.3, -0.25) is 43.3 Å². The highest BCUT2D eigenvalue weighted by molar-refractivity contribution is 7.80. The first kappa shape index (κ1) is 42.5. The Hall–Kier alpha value is -4.63. The summed E-state index contributed by atoms with van der Waals surface area (Å²) in [7, 11) is 1.40. The van der Waals surface area contributed by atoms with Gasteiger partial charge in [0, 0.05) is 62.4 Å². The fourth-order valence-corrected chi connectivity index (χ4v) is 5.87. The summed E-state index contributed by atoms with van der Waals surface area (Å²) in [5, 5.41) is 12.4. The van der Waals surface area contributed by atoms with Gasteiger partial charge >= 0.3 is 47.8 Å². The Morgan fingerprint density at radius 2 is 1.22 bits per heavy atom. The van der Waals surface area contributed by atoms with Gasteiger partial charge in [0.1, 0.15) is 19.3 Å². The molecule has 0 saturated carbocycles. The Morgan fingerprint density at radius 3 is 1.69 bits per heavy atom. The number of carbonyl (C=O) groups is 8. The van der Waals surface area contributed by atoms with Crippen molar-refractivity contribution in [2.45, 2.75) is 110 Å². The van der Waals surface area contributed by atoms with Crippen molar-refractivity contribution >= 4 is 65.1 Å². The van der Waals surface area contributed by atoms with Crippen molar-refractivity contribution in [3.63, 3.8) is 0 Å². The first-order valence-corrected chi connectivity index (χ1v) is 15.7. The summed E-state index contributed by atoms with van der Waals surface area (Å²) >= 11 is 5.65. The lowest BCUT2D eigenvalue weighted by molar-refractivity contribution is -0.302. The number of hydrogen-bond acceptors (Lipinski definition) is 19. The van der Waals surface area contributed by atoms with Crippen molar-refractivity contribution in [2.75, 3.05) is 26.8 Å². The van der Waals surface area contributed by atoms with Crippen LogP contribution in [0.4, 0.5) is 0 Å². The quantitative estimate of drug-likeness (QED) is 0.122. The topological polar surface area (TPSA) is 246 Å². The average molecular weight is 751 g/mol. The van der Waals surface area contributed by atoms with E-state index in [1.54, 1.807) is 0 Å². The fraction of sp³-hybridized carbons (Fsp3) is 0.700. The van der Waals surface area contributed by atoms with Crippen molar-refractivity contribution in [3.8, 4) is 0 Å². The van der Waals surface area contributed by atoms with Crippen LogP contribution in [-0.4, -0.2) is 149 Å². The lowest BCUT2D eigenvalue weighted by Crippen LogP contribution is -2.72. The van der Waals surface area contributed by atoms with Crippen LogP contribution in [-0.2, 0) is 81.0 Å². The maximum atomic E-state index is 12.7. The number of ether oxygens (including phenoxy) is 9. The number of esters is 8. The highest BCUT2D eigenvalue weighted by Crippen LogP contribution is 2.40. The van der Waals surface area contributed by atoms with Gasteiger partial charge in [0.2, 0.25) is 5.72 Å². The van der Waals surface area contributed by atoms with E-state index in [9.17, 15) is 43.5 Å². The zero-order chi connectivity index (χ0) is 39.0. The molecule has 0 amide bonds. The molecule has 2 fully saturated rings. The lowest BCUT2D eigenvalue weighted by atomic mass is 9.92. The summed E-state index contributed by atoms with van der Waals surface area (Å²) in [5.74, 6) is -7.47. The monoisotopic (exact) mass is 750 g/mol. The molecule has 2 rings (SSSR count). The van der Waals surface area contributed by atoms with Gasteiger partial charge in [-0.2, -0.15) is 0 Å². The number of nitrogens with zero attached hydrogens (tertiary/aromatic N) is 2. The summed E-state index contributed by atoms with van der Waals surface area (Å²) in [5.41, 5.74) is -2.68. The largest absolute Gasteiger partial charge is 0.463 e. The minimum Gasteiger partial charge on any atom is -0.463 e. The van der Waals surface area contributed by atoms with Crippen LogP contribution in [0.2, 0.25) is 0 Å². The molecule has 0 aliphatic carbocycles. The normalized spacial score (nSPS) is 26.1. The lowest BCUT2D eigenvalue weighted by Gasteiger charge is -2.51. The van der Waals surface area contributed by atoms with Crippen LogP contribution in [0.25, 0.3) is 0 Å². The van der Waals surface area contributed by atoms with Gasteiger partial charge in [0.05, 0.1) is 6.54 Å². The van der Waals surface area contributed by atoms with Crippen molar-refractivity contribution in [3.05, 3.63) is 0 Å². The van der Waals surface area contributed by atoms with Crippen LogP contribution in [0.15, 0.2) is 0 Å². The predicted octanol–water partition coefficient (Wildman–Crippen LogP) is -1.35. The van der Waals surface area contributed by atoms with E-state index in [-0.39, 0.29) is 5.11 Å². The fourth-order valence-electron chi connectivity index (χ4n) is 5.55. The van der Waals surface area contributed by atoms with Gasteiger partial charge < -0.3 is 52.6 Å². The van der Waals surface area contributed by atoms with E-state index < -0.39 is 122 Å². The van der Waals surface area contributed by atoms with Crippen LogP contribution < -0.4 is 0 Å². The Kier molecular flexibility index (Phi) is 15.0. The second-order valence-electron chi connectivity index (χ2n) is 11.5. The molecule has 286 valence electrons. The molecule has 0 aromatic heterocycles. The number of rotatable bonds is 14. The van der Waals surface area contributed by atoms with Crippen LogP contribution in [0.3, 0.4) is 0 Å². The zero-order valence-electron chi connectivity index (χ0n) is 29.4. The van der Waals surface area contributed by atoms with Crippen LogP contribution in [0, 0.1) is 0 Å². The van der Waals surface area contributed by atoms with Gasteiger partial charge in [-0.15, -0.1) is 0 Å². The molecule has 1 N–H and O–H groups in total. The maximum Gasteiger partial charge on any atom is 0.303 e. The molecule has 20 nitrogen and oxygen atoms in total. The van der Waals surface area contributed by atoms with Crippen molar-refractivity contribution in [2.24, 2.45) is 0 Å².